The molecule has 5 N–H and O–H groups in total. The minimum Gasteiger partial charge on any atom is -0.389 e. The van der Waals surface area contributed by atoms with E-state index in [9.17, 15) is 10.1 Å². The number of carbonyl (C=O) groups is 1. The second-order valence-electron chi connectivity index (χ2n) is 6.28. The highest BCUT2D eigenvalue weighted by molar-refractivity contribution is 9.10. The maximum atomic E-state index is 12.1. The van der Waals surface area contributed by atoms with Gasteiger partial charge in [-0.25, -0.2) is 0 Å². The highest BCUT2D eigenvalue weighted by Crippen LogP contribution is 2.37. The Hall–Kier alpha value is -3.41. The van der Waals surface area contributed by atoms with Gasteiger partial charge in [-0.2, -0.15) is 5.26 Å². The average molecular weight is 464 g/mol. The van der Waals surface area contributed by atoms with Crippen molar-refractivity contribution in [3.63, 3.8) is 0 Å². The Morgan fingerprint density at radius 1 is 1.24 bits per heavy atom. The van der Waals surface area contributed by atoms with Crippen molar-refractivity contribution in [3.05, 3.63) is 69.6 Å². The fraction of sp³-hybridized carbons (Fsp3) is 0. The number of nitrogen functional groups attached to an aromatic ring is 1. The molecule has 0 unspecified atom stereocenters. The number of rotatable bonds is 4. The quantitative estimate of drug-likeness (QED) is 0.392. The first kappa shape index (κ1) is 18.9. The molecule has 0 aliphatic carbocycles. The fourth-order valence-corrected chi connectivity index (χ4v) is 4.26. The van der Waals surface area contributed by atoms with Gasteiger partial charge >= 0.3 is 0 Å². The zero-order chi connectivity index (χ0) is 20.5. The summed E-state index contributed by atoms with van der Waals surface area (Å²) in [5.74, 6) is -0.584. The first-order valence-corrected chi connectivity index (χ1v) is 10.2. The molecule has 4 rings (SSSR count). The predicted molar refractivity (Wildman–Crippen MR) is 120 cm³/mol. The molecule has 2 aromatic heterocycles. The molecule has 0 aliphatic heterocycles. The maximum absolute atomic E-state index is 12.1. The van der Waals surface area contributed by atoms with E-state index in [2.05, 4.69) is 32.3 Å². The van der Waals surface area contributed by atoms with Gasteiger partial charge in [0.2, 0.25) is 0 Å². The van der Waals surface area contributed by atoms with E-state index < -0.39 is 5.91 Å². The molecule has 142 valence electrons. The van der Waals surface area contributed by atoms with Gasteiger partial charge in [0.05, 0.1) is 22.3 Å². The number of pyridine rings is 1. The number of amides is 1. The van der Waals surface area contributed by atoms with Gasteiger partial charge in [-0.3, -0.25) is 9.78 Å². The van der Waals surface area contributed by atoms with Crippen LogP contribution in [0.25, 0.3) is 22.0 Å². The number of fused-ring (bicyclic) bond motifs is 1. The molecule has 4 aromatic rings. The molecule has 0 fully saturated rings. The molecule has 0 saturated carbocycles. The summed E-state index contributed by atoms with van der Waals surface area (Å²) < 4.78 is 0.898. The van der Waals surface area contributed by atoms with Crippen LogP contribution in [-0.4, -0.2) is 10.9 Å². The molecule has 6 nitrogen and oxygen atoms in total. The van der Waals surface area contributed by atoms with E-state index in [-0.39, 0.29) is 5.56 Å². The highest BCUT2D eigenvalue weighted by Gasteiger charge is 2.17. The number of benzene rings is 2. The van der Waals surface area contributed by atoms with Crippen LogP contribution in [0, 0.1) is 11.3 Å². The Kier molecular flexibility index (Phi) is 4.92. The highest BCUT2D eigenvalue weighted by atomic mass is 79.9. The van der Waals surface area contributed by atoms with Crippen LogP contribution in [0.5, 0.6) is 0 Å². The van der Waals surface area contributed by atoms with Crippen molar-refractivity contribution in [1.29, 1.82) is 5.26 Å². The van der Waals surface area contributed by atoms with E-state index in [1.807, 2.05) is 47.8 Å². The summed E-state index contributed by atoms with van der Waals surface area (Å²) >= 11 is 4.76. The smallest absolute Gasteiger partial charge is 0.252 e. The molecule has 0 spiro atoms. The normalized spacial score (nSPS) is 10.6. The average Bonchev–Trinajstić information content (AvgIpc) is 3.08. The van der Waals surface area contributed by atoms with E-state index in [4.69, 9.17) is 11.5 Å². The third kappa shape index (κ3) is 3.53. The lowest BCUT2D eigenvalue weighted by Gasteiger charge is -2.14. The second kappa shape index (κ2) is 7.54. The molecule has 0 radical (unpaired) electrons. The van der Waals surface area contributed by atoms with Crippen LogP contribution in [0.15, 0.2) is 58.5 Å². The Morgan fingerprint density at radius 3 is 2.79 bits per heavy atom. The van der Waals surface area contributed by atoms with Gasteiger partial charge in [0, 0.05) is 32.7 Å². The van der Waals surface area contributed by atoms with Crippen LogP contribution in [0.2, 0.25) is 0 Å². The molecule has 0 atom stereocenters. The van der Waals surface area contributed by atoms with Crippen LogP contribution in [0.3, 0.4) is 0 Å². The SMILES string of the molecule is N#Cc1c(-c2ccc3ncc(C(N)=O)c(Nc4cccc(Br)c4)c3c2)csc1N. The first-order valence-electron chi connectivity index (χ1n) is 8.50. The topological polar surface area (TPSA) is 118 Å². The standard InChI is InChI=1S/C21H14BrN5OS/c22-12-2-1-3-13(7-12)27-19-14-6-11(17-10-29-21(25)15(17)8-23)4-5-18(14)26-9-16(19)20(24)28/h1-7,9-10H,25H2,(H2,24,28)(H,26,27). The summed E-state index contributed by atoms with van der Waals surface area (Å²) in [6.45, 7) is 0. The number of anilines is 3. The number of carbonyl (C=O) groups excluding carboxylic acids is 1. The van der Waals surface area contributed by atoms with Crippen LogP contribution >= 0.6 is 27.3 Å². The number of nitrogens with two attached hydrogens (primary N) is 2. The Labute approximate surface area is 178 Å². The van der Waals surface area contributed by atoms with Crippen molar-refractivity contribution in [2.45, 2.75) is 0 Å². The molecule has 2 heterocycles. The summed E-state index contributed by atoms with van der Waals surface area (Å²) in [5.41, 5.74) is 15.8. The predicted octanol–water partition coefficient (Wildman–Crippen LogP) is 5.02. The molecule has 1 amide bonds. The number of hydrogen-bond acceptors (Lipinski definition) is 6. The molecule has 0 saturated heterocycles. The van der Waals surface area contributed by atoms with Crippen molar-refractivity contribution in [3.8, 4) is 17.2 Å². The number of nitrogens with zero attached hydrogens (tertiary/aromatic N) is 2. The Balaban J connectivity index is 1.94. The number of hydrogen-bond donors (Lipinski definition) is 3. The van der Waals surface area contributed by atoms with Crippen molar-refractivity contribution in [2.75, 3.05) is 11.1 Å². The number of primary amides is 1. The summed E-state index contributed by atoms with van der Waals surface area (Å²) in [6, 6.07) is 15.3. The first-order chi connectivity index (χ1) is 14.0. The van der Waals surface area contributed by atoms with Crippen molar-refractivity contribution >= 4 is 60.5 Å². The van der Waals surface area contributed by atoms with E-state index in [0.717, 1.165) is 21.3 Å². The van der Waals surface area contributed by atoms with Crippen molar-refractivity contribution in [1.82, 2.24) is 4.98 Å². The van der Waals surface area contributed by atoms with Gasteiger partial charge in [0.15, 0.2) is 0 Å². The number of halogens is 1. The zero-order valence-corrected chi connectivity index (χ0v) is 17.3. The molecular formula is C21H14BrN5OS. The molecule has 29 heavy (non-hydrogen) atoms. The van der Waals surface area contributed by atoms with Gasteiger partial charge in [0.1, 0.15) is 11.1 Å². The summed E-state index contributed by atoms with van der Waals surface area (Å²) in [7, 11) is 0. The van der Waals surface area contributed by atoms with E-state index in [0.29, 0.717) is 27.2 Å². The van der Waals surface area contributed by atoms with Gasteiger partial charge in [-0.1, -0.05) is 28.1 Å². The number of nitrogens with one attached hydrogen (secondary N) is 1. The zero-order valence-electron chi connectivity index (χ0n) is 14.9. The van der Waals surface area contributed by atoms with Crippen molar-refractivity contribution < 1.29 is 4.79 Å². The fourth-order valence-electron chi connectivity index (χ4n) is 3.09. The summed E-state index contributed by atoms with van der Waals surface area (Å²) in [6.07, 6.45) is 1.47. The lowest BCUT2D eigenvalue weighted by Crippen LogP contribution is -2.14. The number of thiophene rings is 1. The summed E-state index contributed by atoms with van der Waals surface area (Å²) in [4.78, 5) is 16.4. The minimum atomic E-state index is -0.584. The second-order valence-corrected chi connectivity index (χ2v) is 8.11. The monoisotopic (exact) mass is 463 g/mol. The van der Waals surface area contributed by atoms with E-state index in [1.54, 1.807) is 0 Å². The van der Waals surface area contributed by atoms with Gasteiger partial charge in [-0.05, 0) is 35.9 Å². The van der Waals surface area contributed by atoms with Crippen LogP contribution < -0.4 is 16.8 Å². The Morgan fingerprint density at radius 2 is 2.07 bits per heavy atom. The Bertz CT molecular complexity index is 1310. The van der Waals surface area contributed by atoms with Crippen LogP contribution in [-0.2, 0) is 0 Å². The van der Waals surface area contributed by atoms with Gasteiger partial charge in [-0.15, -0.1) is 11.3 Å². The lowest BCUT2D eigenvalue weighted by molar-refractivity contribution is 0.100. The van der Waals surface area contributed by atoms with Gasteiger partial charge in [0.25, 0.3) is 5.91 Å². The largest absolute Gasteiger partial charge is 0.389 e. The molecular weight excluding hydrogens is 450 g/mol. The molecule has 0 bridgehead atoms. The van der Waals surface area contributed by atoms with E-state index >= 15 is 0 Å². The van der Waals surface area contributed by atoms with Crippen LogP contribution in [0.4, 0.5) is 16.4 Å². The molecule has 2 aromatic carbocycles. The summed E-state index contributed by atoms with van der Waals surface area (Å²) in [5, 5.41) is 15.8. The molecule has 8 heteroatoms. The third-order valence-corrected chi connectivity index (χ3v) is 5.77. The van der Waals surface area contributed by atoms with Crippen molar-refractivity contribution in [2.24, 2.45) is 5.73 Å². The third-order valence-electron chi connectivity index (χ3n) is 4.47. The maximum Gasteiger partial charge on any atom is 0.252 e. The number of nitriles is 1. The molecule has 0 aliphatic rings. The number of aromatic nitrogens is 1. The lowest BCUT2D eigenvalue weighted by atomic mass is 10.00. The minimum absolute atomic E-state index is 0.278. The van der Waals surface area contributed by atoms with E-state index in [1.165, 1.54) is 17.5 Å². The van der Waals surface area contributed by atoms with Crippen LogP contribution in [0.1, 0.15) is 15.9 Å². The van der Waals surface area contributed by atoms with Gasteiger partial charge < -0.3 is 16.8 Å².